The highest BCUT2D eigenvalue weighted by molar-refractivity contribution is 6.05. The van der Waals surface area contributed by atoms with Gasteiger partial charge in [-0.3, -0.25) is 14.5 Å². The Balaban J connectivity index is 2.13. The molecule has 96 valence electrons. The van der Waals surface area contributed by atoms with Crippen LogP contribution in [0.5, 0.6) is 0 Å². The van der Waals surface area contributed by atoms with Gasteiger partial charge >= 0.3 is 0 Å². The summed E-state index contributed by atoms with van der Waals surface area (Å²) in [5.41, 5.74) is 0. The number of nitrogens with zero attached hydrogens (tertiary/aromatic N) is 1. The van der Waals surface area contributed by atoms with Crippen LogP contribution in [0.1, 0.15) is 39.0 Å². The summed E-state index contributed by atoms with van der Waals surface area (Å²) < 4.78 is 5.61. The van der Waals surface area contributed by atoms with Crippen molar-refractivity contribution in [3.63, 3.8) is 0 Å². The number of rotatable bonds is 3. The molecule has 0 aromatic rings. The summed E-state index contributed by atoms with van der Waals surface area (Å²) in [7, 11) is 0. The lowest BCUT2D eigenvalue weighted by Gasteiger charge is -2.36. The van der Waals surface area contributed by atoms with Crippen LogP contribution in [0, 0.1) is 0 Å². The Bertz CT molecular complexity index is 316. The van der Waals surface area contributed by atoms with Crippen LogP contribution in [0.3, 0.4) is 0 Å². The van der Waals surface area contributed by atoms with Gasteiger partial charge in [0.1, 0.15) is 6.10 Å². The van der Waals surface area contributed by atoms with Crippen molar-refractivity contribution < 1.29 is 19.4 Å². The summed E-state index contributed by atoms with van der Waals surface area (Å²) in [6.45, 7) is 2.49. The SMILES string of the molecule is CCO[C@@H]1CCCC[C@H]1N1C(=O)C[C@@H](O)C1=O. The first-order valence-corrected chi connectivity index (χ1v) is 6.30. The summed E-state index contributed by atoms with van der Waals surface area (Å²) in [5.74, 6) is -0.717. The number of hydrogen-bond acceptors (Lipinski definition) is 4. The van der Waals surface area contributed by atoms with Gasteiger partial charge in [0.25, 0.3) is 5.91 Å². The summed E-state index contributed by atoms with van der Waals surface area (Å²) >= 11 is 0. The maximum absolute atomic E-state index is 11.8. The molecule has 1 saturated heterocycles. The second kappa shape index (κ2) is 5.14. The van der Waals surface area contributed by atoms with Crippen molar-refractivity contribution >= 4 is 11.8 Å². The van der Waals surface area contributed by atoms with Gasteiger partial charge in [0.15, 0.2) is 0 Å². The molecule has 5 nitrogen and oxygen atoms in total. The number of carbonyl (C=O) groups is 2. The lowest BCUT2D eigenvalue weighted by molar-refractivity contribution is -0.149. The van der Waals surface area contributed by atoms with E-state index in [0.29, 0.717) is 6.61 Å². The molecule has 1 heterocycles. The van der Waals surface area contributed by atoms with E-state index in [1.165, 1.54) is 4.90 Å². The van der Waals surface area contributed by atoms with E-state index < -0.39 is 12.0 Å². The predicted octanol–water partition coefficient (Wildman–Crippen LogP) is 0.454. The standard InChI is InChI=1S/C12H19NO4/c1-2-17-10-6-4-3-5-8(10)13-11(15)7-9(14)12(13)16/h8-10,14H,2-7H2,1H3/t8-,9-,10-/m1/s1. The van der Waals surface area contributed by atoms with E-state index in [1.54, 1.807) is 0 Å². The Labute approximate surface area is 101 Å². The van der Waals surface area contributed by atoms with Crippen LogP contribution in [0.15, 0.2) is 0 Å². The minimum absolute atomic E-state index is 0.0630. The topological polar surface area (TPSA) is 66.8 Å². The second-order valence-electron chi connectivity index (χ2n) is 4.67. The van der Waals surface area contributed by atoms with E-state index in [-0.39, 0.29) is 24.5 Å². The molecule has 0 spiro atoms. The van der Waals surface area contributed by atoms with Crippen molar-refractivity contribution in [1.29, 1.82) is 0 Å². The molecule has 1 saturated carbocycles. The Morgan fingerprint density at radius 2 is 2.06 bits per heavy atom. The lowest BCUT2D eigenvalue weighted by atomic mass is 9.91. The molecule has 1 aliphatic heterocycles. The molecule has 0 unspecified atom stereocenters. The van der Waals surface area contributed by atoms with E-state index in [9.17, 15) is 14.7 Å². The first-order valence-electron chi connectivity index (χ1n) is 6.30. The Morgan fingerprint density at radius 3 is 2.65 bits per heavy atom. The van der Waals surface area contributed by atoms with Gasteiger partial charge in [0, 0.05) is 6.61 Å². The molecular formula is C12H19NO4. The van der Waals surface area contributed by atoms with Crippen molar-refractivity contribution in [1.82, 2.24) is 4.90 Å². The average molecular weight is 241 g/mol. The van der Waals surface area contributed by atoms with Gasteiger partial charge in [-0.25, -0.2) is 0 Å². The number of carbonyl (C=O) groups excluding carboxylic acids is 2. The van der Waals surface area contributed by atoms with Crippen LogP contribution >= 0.6 is 0 Å². The fourth-order valence-electron chi connectivity index (χ4n) is 2.76. The zero-order valence-electron chi connectivity index (χ0n) is 10.1. The number of aliphatic hydroxyl groups excluding tert-OH is 1. The highest BCUT2D eigenvalue weighted by atomic mass is 16.5. The monoisotopic (exact) mass is 241 g/mol. The number of amides is 2. The third-order valence-electron chi connectivity index (χ3n) is 3.54. The highest BCUT2D eigenvalue weighted by Gasteiger charge is 2.44. The van der Waals surface area contributed by atoms with Crippen molar-refractivity contribution in [2.45, 2.75) is 57.3 Å². The summed E-state index contributed by atoms with van der Waals surface area (Å²) in [4.78, 5) is 24.7. The van der Waals surface area contributed by atoms with Crippen LogP contribution in [0.2, 0.25) is 0 Å². The van der Waals surface area contributed by atoms with E-state index >= 15 is 0 Å². The maximum atomic E-state index is 11.8. The molecule has 17 heavy (non-hydrogen) atoms. The van der Waals surface area contributed by atoms with Gasteiger partial charge in [-0.15, -0.1) is 0 Å². The number of likely N-dealkylation sites (tertiary alicyclic amines) is 1. The third-order valence-corrected chi connectivity index (χ3v) is 3.54. The molecule has 2 aliphatic rings. The van der Waals surface area contributed by atoms with E-state index in [4.69, 9.17) is 4.74 Å². The molecule has 2 fully saturated rings. The first-order chi connectivity index (χ1) is 8.15. The van der Waals surface area contributed by atoms with Crippen molar-refractivity contribution in [3.8, 4) is 0 Å². The Hall–Kier alpha value is -0.940. The quantitative estimate of drug-likeness (QED) is 0.729. The van der Waals surface area contributed by atoms with Crippen LogP contribution in [-0.2, 0) is 14.3 Å². The molecule has 0 radical (unpaired) electrons. The number of hydrogen-bond donors (Lipinski definition) is 1. The normalized spacial score (nSPS) is 34.5. The minimum Gasteiger partial charge on any atom is -0.383 e. The van der Waals surface area contributed by atoms with E-state index in [2.05, 4.69) is 0 Å². The van der Waals surface area contributed by atoms with Gasteiger partial charge in [0.05, 0.1) is 18.6 Å². The van der Waals surface area contributed by atoms with Crippen LogP contribution in [-0.4, -0.2) is 46.7 Å². The smallest absolute Gasteiger partial charge is 0.258 e. The number of imide groups is 1. The number of ether oxygens (including phenoxy) is 1. The van der Waals surface area contributed by atoms with Crippen molar-refractivity contribution in [3.05, 3.63) is 0 Å². The lowest BCUT2D eigenvalue weighted by Crippen LogP contribution is -2.50. The highest BCUT2D eigenvalue weighted by Crippen LogP contribution is 2.29. The average Bonchev–Trinajstić information content (AvgIpc) is 2.55. The molecule has 0 aromatic carbocycles. The van der Waals surface area contributed by atoms with Crippen LogP contribution in [0.25, 0.3) is 0 Å². The Kier molecular flexibility index (Phi) is 3.79. The van der Waals surface area contributed by atoms with E-state index in [0.717, 1.165) is 25.7 Å². The second-order valence-corrected chi connectivity index (χ2v) is 4.67. The molecular weight excluding hydrogens is 222 g/mol. The minimum atomic E-state index is -1.15. The van der Waals surface area contributed by atoms with Crippen molar-refractivity contribution in [2.24, 2.45) is 0 Å². The summed E-state index contributed by atoms with van der Waals surface area (Å²) in [6.07, 6.45) is 2.45. The van der Waals surface area contributed by atoms with Gasteiger partial charge in [0.2, 0.25) is 5.91 Å². The molecule has 0 aromatic heterocycles. The Morgan fingerprint density at radius 1 is 1.35 bits per heavy atom. The molecule has 2 rings (SSSR count). The molecule has 1 N–H and O–H groups in total. The molecule has 2 amide bonds. The van der Waals surface area contributed by atoms with Crippen molar-refractivity contribution in [2.75, 3.05) is 6.61 Å². The largest absolute Gasteiger partial charge is 0.383 e. The fraction of sp³-hybridized carbons (Fsp3) is 0.833. The van der Waals surface area contributed by atoms with Gasteiger partial charge in [-0.1, -0.05) is 12.8 Å². The molecule has 5 heteroatoms. The third kappa shape index (κ3) is 2.35. The molecule has 3 atom stereocenters. The first kappa shape index (κ1) is 12.5. The zero-order chi connectivity index (χ0) is 12.4. The molecule has 1 aliphatic carbocycles. The van der Waals surface area contributed by atoms with Crippen LogP contribution < -0.4 is 0 Å². The number of aliphatic hydroxyl groups is 1. The van der Waals surface area contributed by atoms with E-state index in [1.807, 2.05) is 6.92 Å². The molecule has 0 bridgehead atoms. The van der Waals surface area contributed by atoms with Gasteiger partial charge < -0.3 is 9.84 Å². The van der Waals surface area contributed by atoms with Gasteiger partial charge in [-0.05, 0) is 19.8 Å². The van der Waals surface area contributed by atoms with Crippen LogP contribution in [0.4, 0.5) is 0 Å². The predicted molar refractivity (Wildman–Crippen MR) is 60.1 cm³/mol. The summed E-state index contributed by atoms with van der Waals surface area (Å²) in [6, 6.07) is -0.180. The van der Waals surface area contributed by atoms with Gasteiger partial charge in [-0.2, -0.15) is 0 Å². The fourth-order valence-corrected chi connectivity index (χ4v) is 2.76. The zero-order valence-corrected chi connectivity index (χ0v) is 10.1. The summed E-state index contributed by atoms with van der Waals surface area (Å²) in [5, 5.41) is 9.43. The maximum Gasteiger partial charge on any atom is 0.258 e.